The van der Waals surface area contributed by atoms with Gasteiger partial charge in [0.25, 0.3) is 0 Å². The predicted octanol–water partition coefficient (Wildman–Crippen LogP) is 3.67. The van der Waals surface area contributed by atoms with Gasteiger partial charge in [-0.25, -0.2) is 0 Å². The summed E-state index contributed by atoms with van der Waals surface area (Å²) in [7, 11) is 1.76. The monoisotopic (exact) mass is 344 g/mol. The topological polar surface area (TPSA) is 32.8 Å². The fourth-order valence-corrected chi connectivity index (χ4v) is 4.25. The van der Waals surface area contributed by atoms with E-state index in [-0.39, 0.29) is 0 Å². The average Bonchev–Trinajstić information content (AvgIpc) is 2.92. The van der Waals surface area contributed by atoms with E-state index in [0.29, 0.717) is 18.2 Å². The molecule has 0 aromatic heterocycles. The molecule has 0 bridgehead atoms. The van der Waals surface area contributed by atoms with Crippen LogP contribution in [0.25, 0.3) is 0 Å². The van der Waals surface area contributed by atoms with Crippen molar-refractivity contribution in [3.63, 3.8) is 0 Å². The highest BCUT2D eigenvalue weighted by molar-refractivity contribution is 5.76. The molecule has 25 heavy (non-hydrogen) atoms. The van der Waals surface area contributed by atoms with Gasteiger partial charge in [-0.3, -0.25) is 4.79 Å². The van der Waals surface area contributed by atoms with E-state index < -0.39 is 0 Å². The van der Waals surface area contributed by atoms with Crippen LogP contribution in [-0.4, -0.2) is 55.5 Å². The standard InChI is InChI=1S/C21H32N2O2/c1-25-20-10-4-3-9-19(20)18-8-7-13-22(16-11-18)17-12-21(24)23-14-5-2-6-15-23/h3-4,9-10,18H,2,5-8,11-17H2,1H3. The van der Waals surface area contributed by atoms with Gasteiger partial charge >= 0.3 is 0 Å². The normalized spacial score (nSPS) is 22.4. The lowest BCUT2D eigenvalue weighted by atomic mass is 9.91. The van der Waals surface area contributed by atoms with Crippen LogP contribution in [0.5, 0.6) is 5.75 Å². The van der Waals surface area contributed by atoms with Crippen LogP contribution in [0.2, 0.25) is 0 Å². The fourth-order valence-electron chi connectivity index (χ4n) is 4.25. The lowest BCUT2D eigenvalue weighted by Gasteiger charge is -2.28. The molecule has 0 saturated carbocycles. The van der Waals surface area contributed by atoms with E-state index in [1.165, 1.54) is 37.7 Å². The number of ether oxygens (including phenoxy) is 1. The summed E-state index contributed by atoms with van der Waals surface area (Å²) in [6.45, 7) is 5.03. The summed E-state index contributed by atoms with van der Waals surface area (Å²) in [6, 6.07) is 8.42. The number of methoxy groups -OCH3 is 1. The number of benzene rings is 1. The van der Waals surface area contributed by atoms with Gasteiger partial charge in [-0.05, 0) is 69.2 Å². The van der Waals surface area contributed by atoms with E-state index in [1.807, 2.05) is 6.07 Å². The van der Waals surface area contributed by atoms with Gasteiger partial charge in [0.05, 0.1) is 7.11 Å². The van der Waals surface area contributed by atoms with Crippen LogP contribution in [0.15, 0.2) is 24.3 Å². The maximum absolute atomic E-state index is 12.4. The van der Waals surface area contributed by atoms with Gasteiger partial charge in [-0.2, -0.15) is 0 Å². The Morgan fingerprint density at radius 1 is 1.04 bits per heavy atom. The lowest BCUT2D eigenvalue weighted by molar-refractivity contribution is -0.132. The Bertz CT molecular complexity index is 555. The van der Waals surface area contributed by atoms with E-state index in [1.54, 1.807) is 7.11 Å². The van der Waals surface area contributed by atoms with Gasteiger partial charge in [0.1, 0.15) is 5.75 Å². The minimum atomic E-state index is 0.352. The first kappa shape index (κ1) is 18.2. The minimum Gasteiger partial charge on any atom is -0.496 e. The van der Waals surface area contributed by atoms with Gasteiger partial charge < -0.3 is 14.5 Å². The highest BCUT2D eigenvalue weighted by atomic mass is 16.5. The van der Waals surface area contributed by atoms with E-state index in [2.05, 4.69) is 28.0 Å². The van der Waals surface area contributed by atoms with Crippen molar-refractivity contribution in [2.45, 2.75) is 50.9 Å². The summed E-state index contributed by atoms with van der Waals surface area (Å²) in [5.41, 5.74) is 1.34. The molecule has 2 aliphatic rings. The van der Waals surface area contributed by atoms with Crippen LogP contribution in [0.4, 0.5) is 0 Å². The van der Waals surface area contributed by atoms with Crippen LogP contribution in [0, 0.1) is 0 Å². The molecule has 1 aromatic rings. The zero-order chi connectivity index (χ0) is 17.5. The first-order chi connectivity index (χ1) is 12.3. The van der Waals surface area contributed by atoms with Crippen molar-refractivity contribution in [1.82, 2.24) is 9.80 Å². The van der Waals surface area contributed by atoms with E-state index >= 15 is 0 Å². The third kappa shape index (κ3) is 4.97. The van der Waals surface area contributed by atoms with Crippen LogP contribution in [-0.2, 0) is 4.79 Å². The van der Waals surface area contributed by atoms with Crippen LogP contribution in [0.1, 0.15) is 56.4 Å². The minimum absolute atomic E-state index is 0.352. The summed E-state index contributed by atoms with van der Waals surface area (Å²) in [6.07, 6.45) is 7.86. The van der Waals surface area contributed by atoms with Crippen LogP contribution < -0.4 is 4.74 Å². The first-order valence-corrected chi connectivity index (χ1v) is 9.91. The molecule has 2 fully saturated rings. The zero-order valence-electron chi connectivity index (χ0n) is 15.6. The number of amides is 1. The zero-order valence-corrected chi connectivity index (χ0v) is 15.6. The Morgan fingerprint density at radius 2 is 1.84 bits per heavy atom. The Labute approximate surface area is 152 Å². The molecule has 3 rings (SSSR count). The number of piperidine rings is 1. The summed E-state index contributed by atoms with van der Waals surface area (Å²) in [4.78, 5) is 16.9. The number of rotatable bonds is 5. The number of hydrogen-bond donors (Lipinski definition) is 0. The molecule has 1 aromatic carbocycles. The largest absolute Gasteiger partial charge is 0.496 e. The van der Waals surface area contributed by atoms with E-state index in [9.17, 15) is 4.79 Å². The van der Waals surface area contributed by atoms with Gasteiger partial charge in [0.15, 0.2) is 0 Å². The molecule has 2 heterocycles. The molecule has 2 saturated heterocycles. The molecule has 4 heteroatoms. The SMILES string of the molecule is COc1ccccc1C1CCCN(CCC(=O)N2CCCCC2)CC1. The fraction of sp³-hybridized carbons (Fsp3) is 0.667. The Morgan fingerprint density at radius 3 is 2.64 bits per heavy atom. The number of likely N-dealkylation sites (tertiary alicyclic amines) is 2. The Hall–Kier alpha value is -1.55. The number of para-hydroxylation sites is 1. The third-order valence-electron chi connectivity index (χ3n) is 5.75. The molecular formula is C21H32N2O2. The highest BCUT2D eigenvalue weighted by Crippen LogP contribution is 2.34. The molecule has 1 amide bonds. The second kappa shape index (κ2) is 9.23. The number of nitrogens with zero attached hydrogens (tertiary/aromatic N) is 2. The molecule has 0 spiro atoms. The smallest absolute Gasteiger partial charge is 0.223 e. The molecule has 1 atom stereocenters. The molecule has 0 aliphatic carbocycles. The van der Waals surface area contributed by atoms with Crippen molar-refractivity contribution in [1.29, 1.82) is 0 Å². The van der Waals surface area contributed by atoms with E-state index in [0.717, 1.165) is 44.9 Å². The van der Waals surface area contributed by atoms with Crippen molar-refractivity contribution < 1.29 is 9.53 Å². The molecule has 2 aliphatic heterocycles. The summed E-state index contributed by atoms with van der Waals surface area (Å²) in [5, 5.41) is 0. The second-order valence-electron chi connectivity index (χ2n) is 7.40. The molecule has 138 valence electrons. The molecule has 0 N–H and O–H groups in total. The van der Waals surface area contributed by atoms with Crippen molar-refractivity contribution in [2.24, 2.45) is 0 Å². The summed E-state index contributed by atoms with van der Waals surface area (Å²) < 4.78 is 5.55. The highest BCUT2D eigenvalue weighted by Gasteiger charge is 2.22. The third-order valence-corrected chi connectivity index (χ3v) is 5.75. The maximum Gasteiger partial charge on any atom is 0.223 e. The quantitative estimate of drug-likeness (QED) is 0.817. The maximum atomic E-state index is 12.4. The van der Waals surface area contributed by atoms with Crippen LogP contribution in [0.3, 0.4) is 0 Å². The van der Waals surface area contributed by atoms with Gasteiger partial charge in [0, 0.05) is 26.1 Å². The molecular weight excluding hydrogens is 312 g/mol. The average molecular weight is 344 g/mol. The van der Waals surface area contributed by atoms with Gasteiger partial charge in [-0.15, -0.1) is 0 Å². The Kier molecular flexibility index (Phi) is 6.74. The number of carbonyl (C=O) groups is 1. The van der Waals surface area contributed by atoms with E-state index in [4.69, 9.17) is 4.74 Å². The first-order valence-electron chi connectivity index (χ1n) is 9.91. The van der Waals surface area contributed by atoms with Gasteiger partial charge in [0.2, 0.25) is 5.91 Å². The van der Waals surface area contributed by atoms with Crippen molar-refractivity contribution in [3.05, 3.63) is 29.8 Å². The molecule has 4 nitrogen and oxygen atoms in total. The van der Waals surface area contributed by atoms with Crippen molar-refractivity contribution >= 4 is 5.91 Å². The summed E-state index contributed by atoms with van der Waals surface area (Å²) in [5.74, 6) is 1.94. The summed E-state index contributed by atoms with van der Waals surface area (Å²) >= 11 is 0. The lowest BCUT2D eigenvalue weighted by Crippen LogP contribution is -2.38. The molecule has 1 unspecified atom stereocenters. The van der Waals surface area contributed by atoms with Crippen LogP contribution >= 0.6 is 0 Å². The second-order valence-corrected chi connectivity index (χ2v) is 7.40. The molecule has 0 radical (unpaired) electrons. The van der Waals surface area contributed by atoms with Crippen molar-refractivity contribution in [2.75, 3.05) is 39.8 Å². The Balaban J connectivity index is 1.49. The number of carbonyl (C=O) groups excluding carboxylic acids is 1. The predicted molar refractivity (Wildman–Crippen MR) is 101 cm³/mol. The van der Waals surface area contributed by atoms with Crippen molar-refractivity contribution in [3.8, 4) is 5.75 Å². The van der Waals surface area contributed by atoms with Gasteiger partial charge in [-0.1, -0.05) is 18.2 Å². The number of hydrogen-bond acceptors (Lipinski definition) is 3.